The van der Waals surface area contributed by atoms with Crippen LogP contribution in [-0.2, 0) is 14.3 Å². The molecule has 0 aliphatic carbocycles. The molecule has 0 fully saturated rings. The van der Waals surface area contributed by atoms with Gasteiger partial charge in [-0.25, -0.2) is 14.4 Å². The lowest BCUT2D eigenvalue weighted by Gasteiger charge is -2.21. The lowest BCUT2D eigenvalue weighted by atomic mass is 10.1. The van der Waals surface area contributed by atoms with Gasteiger partial charge in [0, 0.05) is 5.56 Å². The summed E-state index contributed by atoms with van der Waals surface area (Å²) in [5, 5.41) is 7.62. The first-order chi connectivity index (χ1) is 15.0. The predicted molar refractivity (Wildman–Crippen MR) is 111 cm³/mol. The molecule has 3 amide bonds. The molecule has 31 heavy (non-hydrogen) atoms. The summed E-state index contributed by atoms with van der Waals surface area (Å²) in [6.45, 7) is 1.44. The van der Waals surface area contributed by atoms with E-state index >= 15 is 0 Å². The quantitative estimate of drug-likeness (QED) is 0.587. The van der Waals surface area contributed by atoms with Gasteiger partial charge in [-0.2, -0.15) is 0 Å². The third-order valence-electron chi connectivity index (χ3n) is 4.36. The Morgan fingerprint density at radius 1 is 0.968 bits per heavy atom. The minimum atomic E-state index is -0.729. The van der Waals surface area contributed by atoms with E-state index in [-0.39, 0.29) is 48.2 Å². The minimum absolute atomic E-state index is 0.0404. The summed E-state index contributed by atoms with van der Waals surface area (Å²) in [6.07, 6.45) is 0. The standard InChI is InChI=1S/C22H21N3O6/c1-2-30-21(28)16-12-23-22(29)25-18(16)13-31-20(27)15-10-6-7-11-17(15)24-19(26)14-8-4-3-5-9-14/h3-11H,2,12-13H2,1H3,(H,24,26)(H2,23,25,29). The fraction of sp³-hybridized carbons (Fsp3) is 0.182. The van der Waals surface area contributed by atoms with Crippen LogP contribution in [0.25, 0.3) is 0 Å². The van der Waals surface area contributed by atoms with Gasteiger partial charge in [0.1, 0.15) is 6.61 Å². The number of rotatable bonds is 7. The van der Waals surface area contributed by atoms with Crippen LogP contribution >= 0.6 is 0 Å². The van der Waals surface area contributed by atoms with Crippen molar-refractivity contribution in [3.63, 3.8) is 0 Å². The van der Waals surface area contributed by atoms with Crippen molar-refractivity contribution in [1.82, 2.24) is 10.6 Å². The molecule has 160 valence electrons. The van der Waals surface area contributed by atoms with E-state index in [1.807, 2.05) is 0 Å². The van der Waals surface area contributed by atoms with Crippen LogP contribution in [0.3, 0.4) is 0 Å². The second-order valence-electron chi connectivity index (χ2n) is 6.43. The Bertz CT molecular complexity index is 1030. The number of hydrogen-bond donors (Lipinski definition) is 3. The first-order valence-electron chi connectivity index (χ1n) is 9.56. The Kier molecular flexibility index (Phi) is 7.00. The Hall–Kier alpha value is -4.14. The Labute approximate surface area is 178 Å². The van der Waals surface area contributed by atoms with E-state index in [1.54, 1.807) is 55.5 Å². The normalized spacial score (nSPS) is 13.0. The van der Waals surface area contributed by atoms with Gasteiger partial charge < -0.3 is 25.4 Å². The Morgan fingerprint density at radius 2 is 1.68 bits per heavy atom. The number of amides is 3. The molecule has 0 spiro atoms. The van der Waals surface area contributed by atoms with Gasteiger partial charge >= 0.3 is 18.0 Å². The third-order valence-corrected chi connectivity index (χ3v) is 4.36. The summed E-state index contributed by atoms with van der Waals surface area (Å²) in [7, 11) is 0. The maximum atomic E-state index is 12.7. The molecule has 3 N–H and O–H groups in total. The first kappa shape index (κ1) is 21.6. The van der Waals surface area contributed by atoms with E-state index in [9.17, 15) is 19.2 Å². The zero-order valence-electron chi connectivity index (χ0n) is 16.8. The number of nitrogens with one attached hydrogen (secondary N) is 3. The molecule has 2 aromatic carbocycles. The highest BCUT2D eigenvalue weighted by Gasteiger charge is 2.25. The van der Waals surface area contributed by atoms with Crippen LogP contribution < -0.4 is 16.0 Å². The molecule has 0 saturated heterocycles. The monoisotopic (exact) mass is 423 g/mol. The molecular weight excluding hydrogens is 402 g/mol. The van der Waals surface area contributed by atoms with Crippen molar-refractivity contribution in [2.45, 2.75) is 6.92 Å². The molecule has 0 unspecified atom stereocenters. The van der Waals surface area contributed by atoms with Crippen LogP contribution in [0.15, 0.2) is 65.9 Å². The van der Waals surface area contributed by atoms with E-state index in [0.717, 1.165) is 0 Å². The molecule has 1 aliphatic rings. The van der Waals surface area contributed by atoms with E-state index in [4.69, 9.17) is 9.47 Å². The van der Waals surface area contributed by atoms with E-state index in [0.29, 0.717) is 5.56 Å². The van der Waals surface area contributed by atoms with Gasteiger partial charge in [-0.1, -0.05) is 30.3 Å². The second kappa shape index (κ2) is 10.1. The van der Waals surface area contributed by atoms with Crippen molar-refractivity contribution in [3.05, 3.63) is 77.0 Å². The second-order valence-corrected chi connectivity index (χ2v) is 6.43. The smallest absolute Gasteiger partial charge is 0.340 e. The lowest BCUT2D eigenvalue weighted by Crippen LogP contribution is -2.45. The third kappa shape index (κ3) is 5.47. The van der Waals surface area contributed by atoms with E-state index in [2.05, 4.69) is 16.0 Å². The fourth-order valence-corrected chi connectivity index (χ4v) is 2.84. The van der Waals surface area contributed by atoms with Crippen molar-refractivity contribution in [2.24, 2.45) is 0 Å². The van der Waals surface area contributed by atoms with Crippen LogP contribution in [0.5, 0.6) is 0 Å². The molecule has 2 aromatic rings. The number of ether oxygens (including phenoxy) is 2. The van der Waals surface area contributed by atoms with Crippen molar-refractivity contribution in [3.8, 4) is 0 Å². The highest BCUT2D eigenvalue weighted by atomic mass is 16.5. The Morgan fingerprint density at radius 3 is 2.42 bits per heavy atom. The maximum absolute atomic E-state index is 12.7. The predicted octanol–water partition coefficient (Wildman–Crippen LogP) is 2.23. The molecule has 0 radical (unpaired) electrons. The summed E-state index contributed by atoms with van der Waals surface area (Å²) < 4.78 is 10.3. The van der Waals surface area contributed by atoms with Crippen molar-refractivity contribution in [1.29, 1.82) is 0 Å². The largest absolute Gasteiger partial charge is 0.463 e. The SMILES string of the molecule is CCOC(=O)C1=C(COC(=O)c2ccccc2NC(=O)c2ccccc2)NC(=O)NC1. The summed E-state index contributed by atoms with van der Waals surface area (Å²) >= 11 is 0. The van der Waals surface area contributed by atoms with Crippen LogP contribution in [0.2, 0.25) is 0 Å². The van der Waals surface area contributed by atoms with Crippen molar-refractivity contribution in [2.75, 3.05) is 25.1 Å². The summed E-state index contributed by atoms with van der Waals surface area (Å²) in [5.41, 5.74) is 1.15. The first-order valence-corrected chi connectivity index (χ1v) is 9.56. The molecule has 9 heteroatoms. The highest BCUT2D eigenvalue weighted by molar-refractivity contribution is 6.08. The van der Waals surface area contributed by atoms with Crippen molar-refractivity contribution >= 4 is 29.6 Å². The van der Waals surface area contributed by atoms with Gasteiger partial charge in [0.15, 0.2) is 0 Å². The number of esters is 2. The summed E-state index contributed by atoms with van der Waals surface area (Å²) in [6, 6.07) is 14.4. The van der Waals surface area contributed by atoms with Crippen LogP contribution in [0.4, 0.5) is 10.5 Å². The molecule has 0 saturated carbocycles. The number of benzene rings is 2. The maximum Gasteiger partial charge on any atom is 0.340 e. The van der Waals surface area contributed by atoms with Gasteiger partial charge in [-0.3, -0.25) is 4.79 Å². The van der Waals surface area contributed by atoms with Gasteiger partial charge in [0.05, 0.1) is 35.7 Å². The summed E-state index contributed by atoms with van der Waals surface area (Å²) in [5.74, 6) is -1.72. The zero-order valence-corrected chi connectivity index (χ0v) is 16.8. The highest BCUT2D eigenvalue weighted by Crippen LogP contribution is 2.18. The van der Waals surface area contributed by atoms with Crippen LogP contribution in [0, 0.1) is 0 Å². The number of carbonyl (C=O) groups excluding carboxylic acids is 4. The fourth-order valence-electron chi connectivity index (χ4n) is 2.84. The van der Waals surface area contributed by atoms with Gasteiger partial charge in [-0.05, 0) is 31.2 Å². The van der Waals surface area contributed by atoms with Gasteiger partial charge in [0.25, 0.3) is 5.91 Å². The van der Waals surface area contributed by atoms with E-state index in [1.165, 1.54) is 6.07 Å². The number of carbonyl (C=O) groups is 4. The number of urea groups is 1. The number of hydrogen-bond acceptors (Lipinski definition) is 6. The van der Waals surface area contributed by atoms with Gasteiger partial charge in [0.2, 0.25) is 0 Å². The number of para-hydroxylation sites is 1. The lowest BCUT2D eigenvalue weighted by molar-refractivity contribution is -0.138. The van der Waals surface area contributed by atoms with Crippen molar-refractivity contribution < 1.29 is 28.7 Å². The van der Waals surface area contributed by atoms with E-state index < -0.39 is 18.0 Å². The molecule has 3 rings (SSSR count). The zero-order chi connectivity index (χ0) is 22.2. The molecule has 0 atom stereocenters. The molecule has 0 aromatic heterocycles. The molecule has 9 nitrogen and oxygen atoms in total. The van der Waals surface area contributed by atoms with Crippen LogP contribution in [0.1, 0.15) is 27.6 Å². The number of anilines is 1. The minimum Gasteiger partial charge on any atom is -0.463 e. The Balaban J connectivity index is 1.74. The van der Waals surface area contributed by atoms with Crippen LogP contribution in [-0.4, -0.2) is 43.6 Å². The van der Waals surface area contributed by atoms with Gasteiger partial charge in [-0.15, -0.1) is 0 Å². The molecular formula is C22H21N3O6. The molecule has 1 aliphatic heterocycles. The average molecular weight is 423 g/mol. The topological polar surface area (TPSA) is 123 Å². The summed E-state index contributed by atoms with van der Waals surface area (Å²) in [4.78, 5) is 48.8. The average Bonchev–Trinajstić information content (AvgIpc) is 2.78. The molecule has 0 bridgehead atoms. The molecule has 1 heterocycles.